The molecule has 6 heteroatoms. The summed E-state index contributed by atoms with van der Waals surface area (Å²) in [5.41, 5.74) is 2.95. The highest BCUT2D eigenvalue weighted by atomic mass is 35.5. The first-order valence-corrected chi connectivity index (χ1v) is 13.1. The van der Waals surface area contributed by atoms with Crippen molar-refractivity contribution in [3.63, 3.8) is 0 Å². The molecule has 2 aromatic rings. The maximum Gasteiger partial charge on any atom is 0.163 e. The summed E-state index contributed by atoms with van der Waals surface area (Å²) >= 11 is 6.06. The highest BCUT2D eigenvalue weighted by Gasteiger charge is 2.43. The molecule has 196 valence electrons. The molecule has 5 nitrogen and oxygen atoms in total. The molecule has 0 fully saturated rings. The van der Waals surface area contributed by atoms with Crippen molar-refractivity contribution in [2.45, 2.75) is 65.8 Å². The molecule has 1 atom stereocenters. The fourth-order valence-corrected chi connectivity index (χ4v) is 5.67. The summed E-state index contributed by atoms with van der Waals surface area (Å²) in [6, 6.07) is 15.0. The molecule has 2 N–H and O–H groups in total. The van der Waals surface area contributed by atoms with E-state index in [0.29, 0.717) is 54.1 Å². The Balaban J connectivity index is 1.87. The Morgan fingerprint density at radius 3 is 2.00 bits per heavy atom. The van der Waals surface area contributed by atoms with Gasteiger partial charge in [0.05, 0.1) is 7.11 Å². The summed E-state index contributed by atoms with van der Waals surface area (Å²) in [6.07, 6.45) is 1.73. The van der Waals surface area contributed by atoms with Crippen molar-refractivity contribution >= 4 is 23.2 Å². The number of aliphatic hydroxyl groups is 1. The van der Waals surface area contributed by atoms with E-state index >= 15 is 0 Å². The third-order valence-electron chi connectivity index (χ3n) is 7.26. The summed E-state index contributed by atoms with van der Waals surface area (Å²) in [7, 11) is 1.60. The fraction of sp³-hybridized carbons (Fsp3) is 0.419. The van der Waals surface area contributed by atoms with Gasteiger partial charge in [-0.3, -0.25) is 9.59 Å². The van der Waals surface area contributed by atoms with Gasteiger partial charge in [0.1, 0.15) is 11.5 Å². The first-order chi connectivity index (χ1) is 17.4. The minimum absolute atomic E-state index is 0.00592. The Morgan fingerprint density at radius 2 is 1.43 bits per heavy atom. The molecule has 0 radical (unpaired) electrons. The third-order valence-corrected chi connectivity index (χ3v) is 7.51. The number of carbonyl (C=O) groups is 2. The highest BCUT2D eigenvalue weighted by molar-refractivity contribution is 6.30. The smallest absolute Gasteiger partial charge is 0.163 e. The zero-order valence-corrected chi connectivity index (χ0v) is 23.0. The Morgan fingerprint density at radius 1 is 0.865 bits per heavy atom. The fourth-order valence-electron chi connectivity index (χ4n) is 5.54. The summed E-state index contributed by atoms with van der Waals surface area (Å²) in [4.78, 5) is 27.4. The van der Waals surface area contributed by atoms with Crippen molar-refractivity contribution in [1.82, 2.24) is 5.32 Å². The number of carbonyl (C=O) groups excluding carboxylic acids is 2. The molecule has 0 saturated carbocycles. The second kappa shape index (κ2) is 10.4. The third kappa shape index (κ3) is 6.10. The normalized spacial score (nSPS) is 20.2. The summed E-state index contributed by atoms with van der Waals surface area (Å²) in [5.74, 6) is -0.0246. The molecule has 0 spiro atoms. The SMILES string of the molecule is COc1ccc(C(C2=C(O)CC(C)(C)CC2=O)C2=C(NCc3ccc(Cl)cc3)CC(C)(C)CC2=O)cc1. The Labute approximate surface area is 224 Å². The Kier molecular flexibility index (Phi) is 7.57. The lowest BCUT2D eigenvalue weighted by Crippen LogP contribution is -2.36. The molecule has 37 heavy (non-hydrogen) atoms. The van der Waals surface area contributed by atoms with Crippen LogP contribution in [0.4, 0.5) is 0 Å². The molecule has 0 aromatic heterocycles. The predicted molar refractivity (Wildman–Crippen MR) is 147 cm³/mol. The van der Waals surface area contributed by atoms with Gasteiger partial charge in [-0.1, -0.05) is 63.6 Å². The number of hydrogen-bond donors (Lipinski definition) is 2. The Hall–Kier alpha value is -3.05. The van der Waals surface area contributed by atoms with Gasteiger partial charge in [-0.15, -0.1) is 0 Å². The molecule has 2 aromatic carbocycles. The van der Waals surface area contributed by atoms with Crippen LogP contribution in [-0.2, 0) is 16.1 Å². The Bertz CT molecular complexity index is 1250. The first kappa shape index (κ1) is 27.0. The van der Waals surface area contributed by atoms with Crippen molar-refractivity contribution in [3.05, 3.63) is 87.3 Å². The maximum atomic E-state index is 13.8. The summed E-state index contributed by atoms with van der Waals surface area (Å²) in [5, 5.41) is 15.4. The predicted octanol–water partition coefficient (Wildman–Crippen LogP) is 7.07. The number of hydrogen-bond acceptors (Lipinski definition) is 5. The van der Waals surface area contributed by atoms with E-state index in [1.807, 2.05) is 62.4 Å². The molecule has 2 aliphatic carbocycles. The topological polar surface area (TPSA) is 75.6 Å². The van der Waals surface area contributed by atoms with Crippen LogP contribution < -0.4 is 10.1 Å². The summed E-state index contributed by atoms with van der Waals surface area (Å²) < 4.78 is 5.35. The number of halogens is 1. The highest BCUT2D eigenvalue weighted by Crippen LogP contribution is 2.48. The molecule has 0 amide bonds. The van der Waals surface area contributed by atoms with E-state index in [4.69, 9.17) is 16.3 Å². The quantitative estimate of drug-likeness (QED) is 0.407. The van der Waals surface area contributed by atoms with E-state index in [9.17, 15) is 14.7 Å². The average molecular weight is 522 g/mol. The standard InChI is InChI=1S/C31H36ClNO4/c1-30(2)14-23(33-18-19-6-10-21(32)11-7-19)28(24(34)15-30)27(20-8-12-22(37-5)13-9-20)29-25(35)16-31(3,4)17-26(29)36/h6-13,27,33,35H,14-18H2,1-5H3. The van der Waals surface area contributed by atoms with Gasteiger partial charge < -0.3 is 15.2 Å². The number of aliphatic hydroxyl groups excluding tert-OH is 1. The number of allylic oxidation sites excluding steroid dienone is 4. The molecule has 1 unspecified atom stereocenters. The maximum absolute atomic E-state index is 13.8. The molecular weight excluding hydrogens is 486 g/mol. The van der Waals surface area contributed by atoms with Gasteiger partial charge >= 0.3 is 0 Å². The van der Waals surface area contributed by atoms with Crippen LogP contribution in [0.1, 0.15) is 70.4 Å². The van der Waals surface area contributed by atoms with E-state index in [1.54, 1.807) is 7.11 Å². The largest absolute Gasteiger partial charge is 0.512 e. The van der Waals surface area contributed by atoms with Gasteiger partial charge in [0, 0.05) is 53.6 Å². The zero-order chi connectivity index (χ0) is 27.0. The lowest BCUT2D eigenvalue weighted by molar-refractivity contribution is -0.119. The minimum atomic E-state index is -0.661. The van der Waals surface area contributed by atoms with Gasteiger partial charge in [0.2, 0.25) is 0 Å². The number of benzene rings is 2. The van der Waals surface area contributed by atoms with E-state index < -0.39 is 5.92 Å². The number of nitrogens with one attached hydrogen (secondary N) is 1. The van der Waals surface area contributed by atoms with Crippen LogP contribution in [0.2, 0.25) is 5.02 Å². The number of rotatable bonds is 7. The van der Waals surface area contributed by atoms with E-state index in [2.05, 4.69) is 19.2 Å². The second-order valence-corrected chi connectivity index (χ2v) is 12.3. The molecular formula is C31H36ClNO4. The second-order valence-electron chi connectivity index (χ2n) is 11.8. The van der Waals surface area contributed by atoms with Crippen molar-refractivity contribution in [3.8, 4) is 5.75 Å². The van der Waals surface area contributed by atoms with Crippen LogP contribution in [0.25, 0.3) is 0 Å². The number of ether oxygens (including phenoxy) is 1. The van der Waals surface area contributed by atoms with Gasteiger partial charge in [0.15, 0.2) is 11.6 Å². The van der Waals surface area contributed by atoms with E-state index in [0.717, 1.165) is 16.8 Å². The molecule has 0 saturated heterocycles. The van der Waals surface area contributed by atoms with E-state index in [-0.39, 0.29) is 28.2 Å². The van der Waals surface area contributed by atoms with Crippen molar-refractivity contribution < 1.29 is 19.4 Å². The van der Waals surface area contributed by atoms with Crippen molar-refractivity contribution in [1.29, 1.82) is 0 Å². The zero-order valence-electron chi connectivity index (χ0n) is 22.3. The van der Waals surface area contributed by atoms with Crippen LogP contribution >= 0.6 is 11.6 Å². The first-order valence-electron chi connectivity index (χ1n) is 12.7. The van der Waals surface area contributed by atoms with Crippen LogP contribution in [0.5, 0.6) is 5.75 Å². The molecule has 0 aliphatic heterocycles. The number of ketones is 2. The van der Waals surface area contributed by atoms with Gasteiger partial charge in [0.25, 0.3) is 0 Å². The molecule has 0 heterocycles. The molecule has 4 rings (SSSR count). The van der Waals surface area contributed by atoms with Gasteiger partial charge in [-0.2, -0.15) is 0 Å². The van der Waals surface area contributed by atoms with Gasteiger partial charge in [-0.05, 0) is 52.6 Å². The number of Topliss-reactive ketones (excluding diaryl/α,β-unsaturated/α-hetero) is 2. The monoisotopic (exact) mass is 521 g/mol. The van der Waals surface area contributed by atoms with Crippen LogP contribution in [-0.4, -0.2) is 23.8 Å². The van der Waals surface area contributed by atoms with Crippen LogP contribution in [0.3, 0.4) is 0 Å². The van der Waals surface area contributed by atoms with Crippen LogP contribution in [0, 0.1) is 10.8 Å². The van der Waals surface area contributed by atoms with Crippen LogP contribution in [0.15, 0.2) is 71.1 Å². The summed E-state index contributed by atoms with van der Waals surface area (Å²) in [6.45, 7) is 8.64. The van der Waals surface area contributed by atoms with Crippen molar-refractivity contribution in [2.75, 3.05) is 7.11 Å². The molecule has 2 aliphatic rings. The van der Waals surface area contributed by atoms with Crippen molar-refractivity contribution in [2.24, 2.45) is 10.8 Å². The molecule has 0 bridgehead atoms. The number of methoxy groups -OCH3 is 1. The van der Waals surface area contributed by atoms with Gasteiger partial charge in [-0.25, -0.2) is 0 Å². The lowest BCUT2D eigenvalue weighted by Gasteiger charge is -2.38. The average Bonchev–Trinajstić information content (AvgIpc) is 2.80. The lowest BCUT2D eigenvalue weighted by atomic mass is 9.66. The van der Waals surface area contributed by atoms with E-state index in [1.165, 1.54) is 0 Å². The minimum Gasteiger partial charge on any atom is -0.512 e.